The first-order valence-electron chi connectivity index (χ1n) is 5.02. The molecule has 0 spiro atoms. The number of sulfonamides is 1. The zero-order valence-electron chi connectivity index (χ0n) is 9.82. The van der Waals surface area contributed by atoms with E-state index in [1.54, 1.807) is 4.72 Å². The van der Waals surface area contributed by atoms with Crippen molar-refractivity contribution in [2.24, 2.45) is 0 Å². The maximum atomic E-state index is 11.8. The molecule has 1 N–H and O–H groups in total. The van der Waals surface area contributed by atoms with Crippen LogP contribution in [-0.2, 0) is 19.6 Å². The Morgan fingerprint density at radius 2 is 1.89 bits per heavy atom. The van der Waals surface area contributed by atoms with Crippen LogP contribution >= 0.6 is 0 Å². The Bertz CT molecular complexity index is 637. The molecule has 19 heavy (non-hydrogen) atoms. The van der Waals surface area contributed by atoms with Crippen molar-refractivity contribution in [2.75, 3.05) is 0 Å². The van der Waals surface area contributed by atoms with Gasteiger partial charge < -0.3 is 0 Å². The highest BCUT2D eigenvalue weighted by molar-refractivity contribution is 7.90. The monoisotopic (exact) mass is 286 g/mol. The van der Waals surface area contributed by atoms with Crippen LogP contribution in [0, 0.1) is 10.1 Å². The zero-order valence-corrected chi connectivity index (χ0v) is 10.6. The number of benzene rings is 1. The molecule has 9 heteroatoms. The molecule has 0 radical (unpaired) electrons. The van der Waals surface area contributed by atoms with Crippen LogP contribution in [-0.4, -0.2) is 25.0 Å². The van der Waals surface area contributed by atoms with Gasteiger partial charge in [0.15, 0.2) is 4.90 Å². The second-order valence-corrected chi connectivity index (χ2v) is 5.28. The maximum absolute atomic E-state index is 11.8. The molecule has 0 bridgehead atoms. The Morgan fingerprint density at radius 3 is 2.42 bits per heavy atom. The van der Waals surface area contributed by atoms with Crippen LogP contribution in [0.4, 0.5) is 5.69 Å². The molecule has 102 valence electrons. The smallest absolute Gasteiger partial charge is 0.289 e. The van der Waals surface area contributed by atoms with Crippen molar-refractivity contribution in [1.82, 2.24) is 4.72 Å². The van der Waals surface area contributed by atoms with Crippen molar-refractivity contribution in [1.29, 1.82) is 0 Å². The van der Waals surface area contributed by atoms with Crippen LogP contribution < -0.4 is 4.72 Å². The van der Waals surface area contributed by atoms with E-state index < -0.39 is 43.6 Å². The largest absolute Gasteiger partial charge is 0.299 e. The molecule has 0 heterocycles. The summed E-state index contributed by atoms with van der Waals surface area (Å²) in [5.41, 5.74) is -0.648. The molecule has 0 aliphatic heterocycles. The van der Waals surface area contributed by atoms with Gasteiger partial charge in [-0.3, -0.25) is 19.7 Å². The number of amides is 1. The molecule has 0 unspecified atom stereocenters. The van der Waals surface area contributed by atoms with Gasteiger partial charge in [-0.15, -0.1) is 0 Å². The summed E-state index contributed by atoms with van der Waals surface area (Å²) >= 11 is 0. The minimum Gasteiger partial charge on any atom is -0.299 e. The molecule has 0 aliphatic rings. The van der Waals surface area contributed by atoms with E-state index in [4.69, 9.17) is 0 Å². The quantitative estimate of drug-likeness (QED) is 0.474. The van der Waals surface area contributed by atoms with E-state index in [-0.39, 0.29) is 0 Å². The number of rotatable bonds is 5. The fraction of sp³-hybridized carbons (Fsp3) is 0.200. The molecule has 1 aromatic carbocycles. The molecule has 0 fully saturated rings. The fourth-order valence-electron chi connectivity index (χ4n) is 1.30. The van der Waals surface area contributed by atoms with E-state index in [1.807, 2.05) is 0 Å². The average molecular weight is 286 g/mol. The van der Waals surface area contributed by atoms with E-state index >= 15 is 0 Å². The van der Waals surface area contributed by atoms with Gasteiger partial charge in [0.05, 0.1) is 11.3 Å². The third-order valence-corrected chi connectivity index (χ3v) is 3.43. The Hall–Kier alpha value is -2.29. The highest BCUT2D eigenvalue weighted by Crippen LogP contribution is 2.22. The van der Waals surface area contributed by atoms with Crippen LogP contribution in [0.25, 0.3) is 0 Å². The number of Topliss-reactive ketones (excluding diaryl/α,β-unsaturated/α-hetero) is 1. The summed E-state index contributed by atoms with van der Waals surface area (Å²) in [7, 11) is -4.37. The van der Waals surface area contributed by atoms with Gasteiger partial charge in [-0.1, -0.05) is 12.1 Å². The molecule has 0 saturated heterocycles. The summed E-state index contributed by atoms with van der Waals surface area (Å²) in [4.78, 5) is 31.1. The van der Waals surface area contributed by atoms with E-state index in [9.17, 15) is 28.1 Å². The zero-order chi connectivity index (χ0) is 14.6. The van der Waals surface area contributed by atoms with Crippen LogP contribution in [0.15, 0.2) is 29.2 Å². The number of hydrogen-bond donors (Lipinski definition) is 1. The third kappa shape index (κ3) is 3.85. The van der Waals surface area contributed by atoms with Crippen molar-refractivity contribution in [3.63, 3.8) is 0 Å². The number of carbonyl (C=O) groups is 2. The minimum atomic E-state index is -4.37. The number of hydrogen-bond acceptors (Lipinski definition) is 6. The van der Waals surface area contributed by atoms with Crippen molar-refractivity contribution in [3.05, 3.63) is 34.4 Å². The number of carbonyl (C=O) groups excluding carboxylic acids is 2. The number of nitro groups is 1. The molecule has 1 rings (SSSR count). The van der Waals surface area contributed by atoms with Crippen molar-refractivity contribution in [2.45, 2.75) is 18.2 Å². The summed E-state index contributed by atoms with van der Waals surface area (Å²) < 4.78 is 25.2. The molecule has 8 nitrogen and oxygen atoms in total. The van der Waals surface area contributed by atoms with Gasteiger partial charge in [0.25, 0.3) is 15.7 Å². The molecule has 0 aromatic heterocycles. The van der Waals surface area contributed by atoms with Crippen LogP contribution in [0.1, 0.15) is 13.3 Å². The molecule has 1 amide bonds. The van der Waals surface area contributed by atoms with E-state index in [0.717, 1.165) is 19.1 Å². The molecular weight excluding hydrogens is 276 g/mol. The fourth-order valence-corrected chi connectivity index (χ4v) is 2.46. The summed E-state index contributed by atoms with van der Waals surface area (Å²) in [6.07, 6.45) is -0.611. The molecule has 0 saturated carbocycles. The lowest BCUT2D eigenvalue weighted by atomic mass is 10.3. The number of nitrogens with one attached hydrogen (secondary N) is 1. The topological polar surface area (TPSA) is 123 Å². The van der Waals surface area contributed by atoms with Gasteiger partial charge in [0.2, 0.25) is 5.91 Å². The minimum absolute atomic E-state index is 0.518. The van der Waals surface area contributed by atoms with Crippen molar-refractivity contribution >= 4 is 27.4 Å². The number of para-hydroxylation sites is 1. The summed E-state index contributed by atoms with van der Waals surface area (Å²) in [6, 6.07) is 4.59. The third-order valence-electron chi connectivity index (χ3n) is 2.01. The average Bonchev–Trinajstić information content (AvgIpc) is 2.26. The lowest BCUT2D eigenvalue weighted by molar-refractivity contribution is -0.387. The Kier molecular flexibility index (Phi) is 4.33. The first kappa shape index (κ1) is 14.8. The first-order chi connectivity index (χ1) is 8.74. The standard InChI is InChI=1S/C10H10N2O6S/c1-7(13)6-10(14)11-19(17,18)9-5-3-2-4-8(9)12(15)16/h2-5H,6H2,1H3,(H,11,14). The number of nitrogens with zero attached hydrogens (tertiary/aromatic N) is 1. The summed E-state index contributed by atoms with van der Waals surface area (Å²) in [5, 5.41) is 10.7. The van der Waals surface area contributed by atoms with Gasteiger partial charge in [-0.05, 0) is 13.0 Å². The second-order valence-electron chi connectivity index (χ2n) is 3.63. The first-order valence-corrected chi connectivity index (χ1v) is 6.51. The summed E-state index contributed by atoms with van der Waals surface area (Å²) in [6.45, 7) is 1.12. The SMILES string of the molecule is CC(=O)CC(=O)NS(=O)(=O)c1ccccc1[N+](=O)[O-]. The predicted octanol–water partition coefficient (Wildman–Crippen LogP) is 0.379. The van der Waals surface area contributed by atoms with Gasteiger partial charge in [-0.2, -0.15) is 0 Å². The second kappa shape index (κ2) is 5.57. The highest BCUT2D eigenvalue weighted by Gasteiger charge is 2.26. The van der Waals surface area contributed by atoms with Crippen molar-refractivity contribution < 1.29 is 22.9 Å². The predicted molar refractivity (Wildman–Crippen MR) is 63.7 cm³/mol. The molecule has 1 aromatic rings. The number of nitro benzene ring substituents is 1. The maximum Gasteiger partial charge on any atom is 0.289 e. The number of ketones is 1. The van der Waals surface area contributed by atoms with Crippen LogP contribution in [0.2, 0.25) is 0 Å². The lowest BCUT2D eigenvalue weighted by Crippen LogP contribution is -2.32. The molecule has 0 atom stereocenters. The van der Waals surface area contributed by atoms with Gasteiger partial charge in [0, 0.05) is 6.07 Å². The normalized spacial score (nSPS) is 10.8. The Morgan fingerprint density at radius 1 is 1.32 bits per heavy atom. The summed E-state index contributed by atoms with van der Waals surface area (Å²) in [5.74, 6) is -1.55. The van der Waals surface area contributed by atoms with E-state index in [0.29, 0.717) is 0 Å². The Balaban J connectivity index is 3.11. The molecular formula is C10H10N2O6S. The van der Waals surface area contributed by atoms with Crippen LogP contribution in [0.5, 0.6) is 0 Å². The highest BCUT2D eigenvalue weighted by atomic mass is 32.2. The van der Waals surface area contributed by atoms with Crippen LogP contribution in [0.3, 0.4) is 0 Å². The van der Waals surface area contributed by atoms with Gasteiger partial charge >= 0.3 is 0 Å². The van der Waals surface area contributed by atoms with E-state index in [2.05, 4.69) is 0 Å². The van der Waals surface area contributed by atoms with Gasteiger partial charge in [-0.25, -0.2) is 13.1 Å². The van der Waals surface area contributed by atoms with Gasteiger partial charge in [0.1, 0.15) is 5.78 Å². The lowest BCUT2D eigenvalue weighted by Gasteiger charge is -2.06. The van der Waals surface area contributed by atoms with Crippen molar-refractivity contribution in [3.8, 4) is 0 Å². The molecule has 0 aliphatic carbocycles. The Labute approximate surface area is 108 Å². The van der Waals surface area contributed by atoms with E-state index in [1.165, 1.54) is 12.1 Å².